The van der Waals surface area contributed by atoms with E-state index in [1.807, 2.05) is 30.1 Å². The second-order valence-corrected chi connectivity index (χ2v) is 6.39. The number of hydrogen-bond donors (Lipinski definition) is 2. The monoisotopic (exact) mass is 420 g/mol. The average molecular weight is 421 g/mol. The number of hydrogen-bond acceptors (Lipinski definition) is 3. The normalized spacial score (nSPS) is 18.6. The number of piperidine rings is 1. The van der Waals surface area contributed by atoms with Crippen molar-refractivity contribution < 1.29 is 4.79 Å². The fourth-order valence-corrected chi connectivity index (χ4v) is 3.19. The van der Waals surface area contributed by atoms with Gasteiger partial charge in [0.25, 0.3) is 5.91 Å². The van der Waals surface area contributed by atoms with Gasteiger partial charge in [-0.3, -0.25) is 9.89 Å². The summed E-state index contributed by atoms with van der Waals surface area (Å²) in [5, 5.41) is 11.3. The number of benzene rings is 1. The van der Waals surface area contributed by atoms with Crippen LogP contribution in [-0.2, 0) is 0 Å². The number of fused-ring (bicyclic) bond motifs is 1. The van der Waals surface area contributed by atoms with Crippen LogP contribution in [0.1, 0.15) is 23.3 Å². The highest BCUT2D eigenvalue weighted by Gasteiger charge is 2.26. The van der Waals surface area contributed by atoms with E-state index in [-0.39, 0.29) is 18.3 Å². The lowest BCUT2D eigenvalue weighted by Crippen LogP contribution is -2.47. The fourth-order valence-electron chi connectivity index (χ4n) is 2.70. The summed E-state index contributed by atoms with van der Waals surface area (Å²) in [6, 6.07) is 6.37. The van der Waals surface area contributed by atoms with E-state index in [4.69, 9.17) is 0 Å². The minimum Gasteiger partial charge on any atom is -0.336 e. The molecule has 114 valence electrons. The molecule has 0 aliphatic carbocycles. The first-order chi connectivity index (χ1) is 9.69. The average Bonchev–Trinajstić information content (AvgIpc) is 2.89. The number of nitrogens with zero attached hydrogens (tertiary/aromatic N) is 2. The number of carbonyl (C=O) groups is 1. The first-order valence-electron chi connectivity index (χ1n) is 6.79. The largest absolute Gasteiger partial charge is 0.336 e. The van der Waals surface area contributed by atoms with Crippen molar-refractivity contribution in [2.75, 3.05) is 20.1 Å². The second-order valence-electron chi connectivity index (χ2n) is 5.14. The van der Waals surface area contributed by atoms with Crippen LogP contribution < -0.4 is 5.32 Å². The van der Waals surface area contributed by atoms with Crippen molar-refractivity contribution in [3.8, 4) is 0 Å². The molecule has 1 aromatic carbocycles. The lowest BCUT2D eigenvalue weighted by molar-refractivity contribution is 0.0694. The highest BCUT2D eigenvalue weighted by molar-refractivity contribution is 14.1. The van der Waals surface area contributed by atoms with Gasteiger partial charge in [0.1, 0.15) is 0 Å². The van der Waals surface area contributed by atoms with Crippen LogP contribution in [0.3, 0.4) is 0 Å². The quantitative estimate of drug-likeness (QED) is 0.734. The second kappa shape index (κ2) is 6.93. The van der Waals surface area contributed by atoms with E-state index in [1.54, 1.807) is 0 Å². The summed E-state index contributed by atoms with van der Waals surface area (Å²) in [5.74, 6) is 0.0261. The fraction of sp³-hybridized carbons (Fsp3) is 0.429. The first kappa shape index (κ1) is 16.5. The van der Waals surface area contributed by atoms with Gasteiger partial charge >= 0.3 is 0 Å². The summed E-state index contributed by atoms with van der Waals surface area (Å²) >= 11 is 2.25. The molecular weight excluding hydrogens is 403 g/mol. The van der Waals surface area contributed by atoms with Gasteiger partial charge in [0.05, 0.1) is 5.52 Å². The van der Waals surface area contributed by atoms with Crippen LogP contribution in [0.4, 0.5) is 0 Å². The number of likely N-dealkylation sites (tertiary alicyclic amines) is 1. The summed E-state index contributed by atoms with van der Waals surface area (Å²) in [6.45, 7) is 1.57. The Hall–Kier alpha value is -0.860. The van der Waals surface area contributed by atoms with Crippen LogP contribution in [-0.4, -0.2) is 47.2 Å². The highest BCUT2D eigenvalue weighted by Crippen LogP contribution is 2.21. The molecule has 1 unspecified atom stereocenters. The van der Waals surface area contributed by atoms with Crippen molar-refractivity contribution >= 4 is 51.8 Å². The van der Waals surface area contributed by atoms with Gasteiger partial charge < -0.3 is 10.2 Å². The maximum Gasteiger partial charge on any atom is 0.275 e. The molecule has 0 bridgehead atoms. The third-order valence-corrected chi connectivity index (χ3v) is 4.52. The number of halogens is 2. The molecule has 7 heteroatoms. The number of carbonyl (C=O) groups excluding carboxylic acids is 1. The molecule has 2 heterocycles. The molecule has 1 saturated heterocycles. The van der Waals surface area contributed by atoms with E-state index < -0.39 is 0 Å². The van der Waals surface area contributed by atoms with Crippen LogP contribution in [0.5, 0.6) is 0 Å². The molecule has 0 saturated carbocycles. The smallest absolute Gasteiger partial charge is 0.275 e. The van der Waals surface area contributed by atoms with Crippen molar-refractivity contribution in [3.05, 3.63) is 27.5 Å². The molecule has 1 amide bonds. The van der Waals surface area contributed by atoms with Gasteiger partial charge in [-0.1, -0.05) is 0 Å². The van der Waals surface area contributed by atoms with Crippen LogP contribution in [0, 0.1) is 3.57 Å². The molecule has 0 radical (unpaired) electrons. The van der Waals surface area contributed by atoms with E-state index >= 15 is 0 Å². The standard InChI is InChI=1S/C14H17IN4O.ClH/c1-16-10-3-2-6-19(8-10)14(20)13-11-7-9(15)4-5-12(11)17-18-13;/h4-5,7,10,16H,2-3,6,8H2,1H3,(H,17,18);1H. The third-order valence-electron chi connectivity index (χ3n) is 3.84. The Labute approximate surface area is 143 Å². The molecule has 1 fully saturated rings. The van der Waals surface area contributed by atoms with Gasteiger partial charge in [-0.25, -0.2) is 0 Å². The first-order valence-corrected chi connectivity index (χ1v) is 7.87. The van der Waals surface area contributed by atoms with Gasteiger partial charge in [-0.2, -0.15) is 5.10 Å². The maximum atomic E-state index is 12.7. The zero-order valence-electron chi connectivity index (χ0n) is 11.7. The maximum absolute atomic E-state index is 12.7. The van der Waals surface area contributed by atoms with E-state index in [1.165, 1.54) is 0 Å². The number of H-pyrrole nitrogens is 1. The van der Waals surface area contributed by atoms with Crippen molar-refractivity contribution in [3.63, 3.8) is 0 Å². The molecule has 1 aromatic heterocycles. The highest BCUT2D eigenvalue weighted by atomic mass is 127. The topological polar surface area (TPSA) is 61.0 Å². The molecule has 1 atom stereocenters. The van der Waals surface area contributed by atoms with Crippen LogP contribution in [0.2, 0.25) is 0 Å². The zero-order valence-corrected chi connectivity index (χ0v) is 14.7. The van der Waals surface area contributed by atoms with E-state index in [2.05, 4.69) is 38.1 Å². The van der Waals surface area contributed by atoms with Gasteiger partial charge in [0.2, 0.25) is 0 Å². The molecule has 1 aliphatic heterocycles. The van der Waals surface area contributed by atoms with Crippen LogP contribution in [0.25, 0.3) is 10.9 Å². The number of rotatable bonds is 2. The molecular formula is C14H18ClIN4O. The lowest BCUT2D eigenvalue weighted by atomic mass is 10.1. The lowest BCUT2D eigenvalue weighted by Gasteiger charge is -2.32. The Bertz CT molecular complexity index is 645. The molecule has 0 spiro atoms. The summed E-state index contributed by atoms with van der Waals surface area (Å²) < 4.78 is 1.11. The number of aromatic amines is 1. The molecule has 2 aromatic rings. The Balaban J connectivity index is 0.00000161. The van der Waals surface area contributed by atoms with Gasteiger partial charge in [-0.15, -0.1) is 12.4 Å². The Morgan fingerprint density at radius 3 is 3.10 bits per heavy atom. The SMILES string of the molecule is CNC1CCCN(C(=O)c2n[nH]c3ccc(I)cc23)C1.Cl. The molecule has 1 aliphatic rings. The van der Waals surface area contributed by atoms with Crippen LogP contribution in [0.15, 0.2) is 18.2 Å². The van der Waals surface area contributed by atoms with Crippen molar-refractivity contribution in [1.29, 1.82) is 0 Å². The molecule has 3 rings (SSSR count). The predicted octanol–water partition coefficient (Wildman–Crippen LogP) is 2.41. The molecule has 5 nitrogen and oxygen atoms in total. The van der Waals surface area contributed by atoms with Crippen LogP contribution >= 0.6 is 35.0 Å². The summed E-state index contributed by atoms with van der Waals surface area (Å²) in [7, 11) is 1.95. The van der Waals surface area contributed by atoms with Gasteiger partial charge in [-0.05, 0) is 60.7 Å². The van der Waals surface area contributed by atoms with Crippen molar-refractivity contribution in [2.24, 2.45) is 0 Å². The third kappa shape index (κ3) is 3.32. The van der Waals surface area contributed by atoms with E-state index in [9.17, 15) is 4.79 Å². The summed E-state index contributed by atoms with van der Waals surface area (Å²) in [5.41, 5.74) is 1.45. The predicted molar refractivity (Wildman–Crippen MR) is 94.0 cm³/mol. The van der Waals surface area contributed by atoms with Gasteiger partial charge in [0, 0.05) is 28.1 Å². The summed E-state index contributed by atoms with van der Waals surface area (Å²) in [6.07, 6.45) is 2.16. The number of likely N-dealkylation sites (N-methyl/N-ethyl adjacent to an activating group) is 1. The number of aromatic nitrogens is 2. The number of nitrogens with one attached hydrogen (secondary N) is 2. The van der Waals surface area contributed by atoms with E-state index in [0.717, 1.165) is 40.4 Å². The van der Waals surface area contributed by atoms with Gasteiger partial charge in [0.15, 0.2) is 5.69 Å². The summed E-state index contributed by atoms with van der Waals surface area (Å²) in [4.78, 5) is 14.6. The zero-order chi connectivity index (χ0) is 14.1. The molecule has 21 heavy (non-hydrogen) atoms. The van der Waals surface area contributed by atoms with Crippen molar-refractivity contribution in [1.82, 2.24) is 20.4 Å². The molecule has 2 N–H and O–H groups in total. The van der Waals surface area contributed by atoms with Crippen molar-refractivity contribution in [2.45, 2.75) is 18.9 Å². The Morgan fingerprint density at radius 1 is 1.52 bits per heavy atom. The van der Waals surface area contributed by atoms with E-state index in [0.29, 0.717) is 11.7 Å². The Morgan fingerprint density at radius 2 is 2.33 bits per heavy atom. The minimum absolute atomic E-state index is 0. The Kier molecular flexibility index (Phi) is 5.45. The minimum atomic E-state index is 0. The number of amides is 1.